The largest absolute Gasteiger partial charge is 0.389 e. The van der Waals surface area contributed by atoms with Crippen LogP contribution in [0.1, 0.15) is 13.3 Å². The molecule has 3 N–H and O–H groups in total. The molecule has 0 aliphatic rings. The lowest BCUT2D eigenvalue weighted by atomic mass is 10.1. The van der Waals surface area contributed by atoms with Gasteiger partial charge in [0.1, 0.15) is 0 Å². The van der Waals surface area contributed by atoms with Gasteiger partial charge in [-0.05, 0) is 31.5 Å². The smallest absolute Gasteiger partial charge is 0.0749 e. The third-order valence-electron chi connectivity index (χ3n) is 2.15. The van der Waals surface area contributed by atoms with Gasteiger partial charge in [-0.3, -0.25) is 0 Å². The molecule has 0 bridgehead atoms. The molecule has 1 aromatic carbocycles. The van der Waals surface area contributed by atoms with E-state index in [9.17, 15) is 5.11 Å². The van der Waals surface area contributed by atoms with Crippen LogP contribution in [0.4, 0.5) is 0 Å². The zero-order chi connectivity index (χ0) is 11.3. The molecule has 0 spiro atoms. The van der Waals surface area contributed by atoms with Crippen molar-refractivity contribution in [1.82, 2.24) is 0 Å². The Morgan fingerprint density at radius 2 is 2.27 bits per heavy atom. The van der Waals surface area contributed by atoms with Crippen molar-refractivity contribution in [2.45, 2.75) is 23.8 Å². The lowest BCUT2D eigenvalue weighted by Gasteiger charge is -2.20. The van der Waals surface area contributed by atoms with Gasteiger partial charge in [-0.15, -0.1) is 11.8 Å². The minimum absolute atomic E-state index is 0.295. The standard InChI is InChI=1S/C11H16ClNOS/c1-11(14,8-13)5-6-15-10-4-2-3-9(12)7-10/h2-4,7,14H,5-6,8,13H2,1H3. The second kappa shape index (κ2) is 5.75. The molecule has 1 rings (SSSR count). The first kappa shape index (κ1) is 12.8. The molecule has 0 aliphatic carbocycles. The average Bonchev–Trinajstić information content (AvgIpc) is 2.18. The molecule has 0 fully saturated rings. The molecule has 2 nitrogen and oxygen atoms in total. The highest BCUT2D eigenvalue weighted by Crippen LogP contribution is 2.24. The molecule has 1 unspecified atom stereocenters. The SMILES string of the molecule is CC(O)(CN)CCSc1cccc(Cl)c1. The van der Waals surface area contributed by atoms with Gasteiger partial charge in [0.05, 0.1) is 5.60 Å². The molecule has 0 amide bonds. The molecule has 84 valence electrons. The number of thioether (sulfide) groups is 1. The quantitative estimate of drug-likeness (QED) is 0.784. The van der Waals surface area contributed by atoms with Gasteiger partial charge in [-0.25, -0.2) is 0 Å². The Kier molecular flexibility index (Phi) is 4.93. The van der Waals surface area contributed by atoms with Crippen molar-refractivity contribution in [2.24, 2.45) is 5.73 Å². The second-order valence-corrected chi connectivity index (χ2v) is 5.36. The first-order valence-corrected chi connectivity index (χ1v) is 6.21. The van der Waals surface area contributed by atoms with Gasteiger partial charge < -0.3 is 10.8 Å². The molecule has 0 heterocycles. The molecular weight excluding hydrogens is 230 g/mol. The summed E-state index contributed by atoms with van der Waals surface area (Å²) in [5.41, 5.74) is 4.67. The summed E-state index contributed by atoms with van der Waals surface area (Å²) in [6.45, 7) is 2.05. The van der Waals surface area contributed by atoms with Crippen LogP contribution in [0, 0.1) is 0 Å². The normalized spacial score (nSPS) is 14.9. The van der Waals surface area contributed by atoms with Crippen molar-refractivity contribution in [1.29, 1.82) is 0 Å². The van der Waals surface area contributed by atoms with E-state index in [1.54, 1.807) is 18.7 Å². The maximum Gasteiger partial charge on any atom is 0.0749 e. The van der Waals surface area contributed by atoms with Crippen LogP contribution in [0.2, 0.25) is 5.02 Å². The Morgan fingerprint density at radius 1 is 1.53 bits per heavy atom. The molecule has 0 aliphatic heterocycles. The Morgan fingerprint density at radius 3 is 2.87 bits per heavy atom. The number of aliphatic hydroxyl groups is 1. The summed E-state index contributed by atoms with van der Waals surface area (Å²) < 4.78 is 0. The van der Waals surface area contributed by atoms with Gasteiger partial charge in [0, 0.05) is 22.2 Å². The predicted molar refractivity (Wildman–Crippen MR) is 66.5 cm³/mol. The second-order valence-electron chi connectivity index (χ2n) is 3.76. The Labute approximate surface area is 99.8 Å². The van der Waals surface area contributed by atoms with Crippen LogP contribution in [0.5, 0.6) is 0 Å². The van der Waals surface area contributed by atoms with Crippen LogP contribution in [0.3, 0.4) is 0 Å². The van der Waals surface area contributed by atoms with Crippen LogP contribution in [-0.2, 0) is 0 Å². The Balaban J connectivity index is 2.38. The first-order valence-electron chi connectivity index (χ1n) is 4.84. The zero-order valence-electron chi connectivity index (χ0n) is 8.74. The fourth-order valence-corrected chi connectivity index (χ4v) is 2.47. The van der Waals surface area contributed by atoms with Gasteiger partial charge in [-0.1, -0.05) is 17.7 Å². The molecule has 4 heteroatoms. The van der Waals surface area contributed by atoms with Crippen molar-refractivity contribution >= 4 is 23.4 Å². The number of hydrogen-bond donors (Lipinski definition) is 2. The maximum atomic E-state index is 9.69. The van der Waals surface area contributed by atoms with E-state index in [1.807, 2.05) is 24.3 Å². The van der Waals surface area contributed by atoms with Crippen molar-refractivity contribution in [3.63, 3.8) is 0 Å². The van der Waals surface area contributed by atoms with E-state index < -0.39 is 5.60 Å². The Bertz CT molecular complexity index is 317. The molecule has 15 heavy (non-hydrogen) atoms. The number of nitrogens with two attached hydrogens (primary N) is 1. The summed E-state index contributed by atoms with van der Waals surface area (Å²) in [7, 11) is 0. The van der Waals surface area contributed by atoms with Crippen LogP contribution in [0.25, 0.3) is 0 Å². The van der Waals surface area contributed by atoms with E-state index in [-0.39, 0.29) is 0 Å². The summed E-state index contributed by atoms with van der Waals surface area (Å²) in [6, 6.07) is 7.70. The van der Waals surface area contributed by atoms with E-state index in [0.29, 0.717) is 13.0 Å². The molecule has 1 aromatic rings. The zero-order valence-corrected chi connectivity index (χ0v) is 10.3. The highest BCUT2D eigenvalue weighted by molar-refractivity contribution is 7.99. The number of halogens is 1. The fourth-order valence-electron chi connectivity index (χ4n) is 1.05. The summed E-state index contributed by atoms with van der Waals surface area (Å²) in [6.07, 6.45) is 0.681. The van der Waals surface area contributed by atoms with Crippen LogP contribution >= 0.6 is 23.4 Å². The summed E-state index contributed by atoms with van der Waals surface area (Å²) in [4.78, 5) is 1.12. The monoisotopic (exact) mass is 245 g/mol. The molecular formula is C11H16ClNOS. The molecule has 0 aromatic heterocycles. The van der Waals surface area contributed by atoms with Gasteiger partial charge in [0.2, 0.25) is 0 Å². The van der Waals surface area contributed by atoms with E-state index in [2.05, 4.69) is 0 Å². The third-order valence-corrected chi connectivity index (χ3v) is 3.38. The minimum atomic E-state index is -0.758. The molecule has 0 saturated heterocycles. The van der Waals surface area contributed by atoms with Crippen molar-refractivity contribution in [2.75, 3.05) is 12.3 Å². The van der Waals surface area contributed by atoms with E-state index in [4.69, 9.17) is 17.3 Å². The van der Waals surface area contributed by atoms with Gasteiger partial charge >= 0.3 is 0 Å². The molecule has 0 saturated carbocycles. The fraction of sp³-hybridized carbons (Fsp3) is 0.455. The van der Waals surface area contributed by atoms with Gasteiger partial charge in [0.25, 0.3) is 0 Å². The van der Waals surface area contributed by atoms with Gasteiger partial charge in [-0.2, -0.15) is 0 Å². The topological polar surface area (TPSA) is 46.2 Å². The van der Waals surface area contributed by atoms with Gasteiger partial charge in [0.15, 0.2) is 0 Å². The summed E-state index contributed by atoms with van der Waals surface area (Å²) in [5, 5.41) is 10.4. The van der Waals surface area contributed by atoms with Crippen LogP contribution < -0.4 is 5.73 Å². The van der Waals surface area contributed by atoms with E-state index >= 15 is 0 Å². The minimum Gasteiger partial charge on any atom is -0.389 e. The maximum absolute atomic E-state index is 9.69. The highest BCUT2D eigenvalue weighted by atomic mass is 35.5. The average molecular weight is 246 g/mol. The molecule has 1 atom stereocenters. The van der Waals surface area contributed by atoms with E-state index in [0.717, 1.165) is 15.7 Å². The number of rotatable bonds is 5. The van der Waals surface area contributed by atoms with E-state index in [1.165, 1.54) is 0 Å². The first-order chi connectivity index (χ1) is 7.03. The van der Waals surface area contributed by atoms with Crippen molar-refractivity contribution in [3.8, 4) is 0 Å². The summed E-state index contributed by atoms with van der Waals surface area (Å²) in [5.74, 6) is 0.838. The number of hydrogen-bond acceptors (Lipinski definition) is 3. The van der Waals surface area contributed by atoms with Crippen LogP contribution in [-0.4, -0.2) is 23.0 Å². The predicted octanol–water partition coefficient (Wildman–Crippen LogP) is 2.53. The van der Waals surface area contributed by atoms with Crippen molar-refractivity contribution < 1.29 is 5.11 Å². The lowest BCUT2D eigenvalue weighted by molar-refractivity contribution is 0.0665. The third kappa shape index (κ3) is 4.89. The highest BCUT2D eigenvalue weighted by Gasteiger charge is 2.17. The Hall–Kier alpha value is -0.220. The summed E-state index contributed by atoms with van der Waals surface area (Å²) >= 11 is 7.54. The van der Waals surface area contributed by atoms with Crippen LogP contribution in [0.15, 0.2) is 29.2 Å². The lowest BCUT2D eigenvalue weighted by Crippen LogP contribution is -2.34. The van der Waals surface area contributed by atoms with Crippen molar-refractivity contribution in [3.05, 3.63) is 29.3 Å². The molecule has 0 radical (unpaired) electrons. The number of benzene rings is 1.